The second-order valence-electron chi connectivity index (χ2n) is 7.27. The van der Waals surface area contributed by atoms with Crippen molar-refractivity contribution in [3.05, 3.63) is 54.4 Å². The van der Waals surface area contributed by atoms with Crippen LogP contribution >= 0.6 is 11.3 Å². The average Bonchev–Trinajstić information content (AvgIpc) is 2.92. The molecule has 0 saturated carbocycles. The van der Waals surface area contributed by atoms with Crippen molar-refractivity contribution in [3.8, 4) is 11.3 Å². The molecule has 0 spiro atoms. The van der Waals surface area contributed by atoms with Gasteiger partial charge in [-0.05, 0) is 0 Å². The van der Waals surface area contributed by atoms with Crippen molar-refractivity contribution < 1.29 is 0 Å². The van der Waals surface area contributed by atoms with Crippen molar-refractivity contribution in [1.82, 2.24) is 9.97 Å². The normalized spacial score (nSPS) is 12.2. The Labute approximate surface area is 148 Å². The standard InChI is InChI=1S/C20H20GeN2S/c1-13-17-19(24-20(13)21(2,3)4)18(23-12-22-17)16-10-9-14-7-5-6-8-15(14)11-16/h5-12H,1-4H3. The number of nitrogens with zero attached hydrogens (tertiary/aromatic N) is 2. The van der Waals surface area contributed by atoms with Crippen LogP contribution in [0.4, 0.5) is 0 Å². The molecule has 0 aliphatic rings. The van der Waals surface area contributed by atoms with E-state index in [1.165, 1.54) is 26.6 Å². The average molecular weight is 393 g/mol. The molecular weight excluding hydrogens is 373 g/mol. The van der Waals surface area contributed by atoms with Gasteiger partial charge >= 0.3 is 149 Å². The van der Waals surface area contributed by atoms with Gasteiger partial charge in [0, 0.05) is 0 Å². The van der Waals surface area contributed by atoms with Gasteiger partial charge in [0.1, 0.15) is 0 Å². The van der Waals surface area contributed by atoms with Gasteiger partial charge in [-0.15, -0.1) is 0 Å². The molecule has 0 fully saturated rings. The van der Waals surface area contributed by atoms with E-state index in [4.69, 9.17) is 0 Å². The topological polar surface area (TPSA) is 25.8 Å². The van der Waals surface area contributed by atoms with Gasteiger partial charge in [-0.1, -0.05) is 0 Å². The molecule has 4 heteroatoms. The second kappa shape index (κ2) is 5.67. The van der Waals surface area contributed by atoms with Crippen molar-refractivity contribution in [3.63, 3.8) is 0 Å². The predicted molar refractivity (Wildman–Crippen MR) is 108 cm³/mol. The fourth-order valence-corrected chi connectivity index (χ4v) is 9.79. The number of fused-ring (bicyclic) bond motifs is 2. The van der Waals surface area contributed by atoms with E-state index in [2.05, 4.69) is 76.6 Å². The van der Waals surface area contributed by atoms with E-state index < -0.39 is 13.3 Å². The van der Waals surface area contributed by atoms with Gasteiger partial charge in [0.25, 0.3) is 0 Å². The summed E-state index contributed by atoms with van der Waals surface area (Å²) in [6.45, 7) is 2.22. The third-order valence-electron chi connectivity index (χ3n) is 4.41. The first-order chi connectivity index (χ1) is 11.4. The van der Waals surface area contributed by atoms with Crippen LogP contribution in [0, 0.1) is 6.92 Å². The van der Waals surface area contributed by atoms with Crippen LogP contribution < -0.4 is 3.71 Å². The van der Waals surface area contributed by atoms with Crippen molar-refractivity contribution >= 4 is 49.3 Å². The monoisotopic (exact) mass is 394 g/mol. The molecule has 0 radical (unpaired) electrons. The minimum absolute atomic E-state index is 1.07. The van der Waals surface area contributed by atoms with Crippen LogP contribution in [0.25, 0.3) is 32.2 Å². The number of rotatable bonds is 2. The molecule has 2 nitrogen and oxygen atoms in total. The Morgan fingerprint density at radius 1 is 0.917 bits per heavy atom. The first-order valence-electron chi connectivity index (χ1n) is 8.19. The van der Waals surface area contributed by atoms with E-state index in [1.54, 1.807) is 10.0 Å². The van der Waals surface area contributed by atoms with Gasteiger partial charge < -0.3 is 0 Å². The van der Waals surface area contributed by atoms with Crippen LogP contribution in [-0.2, 0) is 0 Å². The molecule has 0 aliphatic carbocycles. The Hall–Kier alpha value is -1.72. The summed E-state index contributed by atoms with van der Waals surface area (Å²) in [5.41, 5.74) is 4.74. The van der Waals surface area contributed by atoms with Gasteiger partial charge in [0.2, 0.25) is 0 Å². The van der Waals surface area contributed by atoms with E-state index in [9.17, 15) is 0 Å². The SMILES string of the molecule is Cc1[c]([Ge]([CH3])([CH3])[CH3])sc2c(-c3ccc4ccccc4c3)ncnc12. The molecule has 4 aromatic rings. The Morgan fingerprint density at radius 3 is 2.42 bits per heavy atom. The van der Waals surface area contributed by atoms with Crippen LogP contribution in [0.2, 0.25) is 17.3 Å². The van der Waals surface area contributed by atoms with E-state index >= 15 is 0 Å². The summed E-state index contributed by atoms with van der Waals surface area (Å²) < 4.78 is 2.81. The van der Waals surface area contributed by atoms with Crippen LogP contribution in [0.5, 0.6) is 0 Å². The Kier molecular flexibility index (Phi) is 3.73. The molecule has 0 N–H and O–H groups in total. The fourth-order valence-electron chi connectivity index (χ4n) is 3.28. The van der Waals surface area contributed by atoms with Gasteiger partial charge in [-0.2, -0.15) is 0 Å². The van der Waals surface area contributed by atoms with Crippen LogP contribution in [-0.4, -0.2) is 23.2 Å². The van der Waals surface area contributed by atoms with E-state index in [-0.39, 0.29) is 0 Å². The summed E-state index contributed by atoms with van der Waals surface area (Å²) in [5, 5.41) is 2.52. The molecule has 120 valence electrons. The Morgan fingerprint density at radius 2 is 1.67 bits per heavy atom. The number of benzene rings is 2. The predicted octanol–water partition coefficient (Wildman–Crippen LogP) is 5.37. The van der Waals surface area contributed by atoms with Crippen LogP contribution in [0.3, 0.4) is 0 Å². The fraction of sp³-hybridized carbons (Fsp3) is 0.200. The van der Waals surface area contributed by atoms with Crippen LogP contribution in [0.1, 0.15) is 5.56 Å². The Balaban J connectivity index is 1.99. The van der Waals surface area contributed by atoms with Crippen molar-refractivity contribution in [2.45, 2.75) is 24.2 Å². The second-order valence-corrected chi connectivity index (χ2v) is 19.5. The molecule has 0 unspecified atom stereocenters. The summed E-state index contributed by atoms with van der Waals surface area (Å²) in [4.78, 5) is 9.23. The maximum absolute atomic E-state index is 4.64. The van der Waals surface area contributed by atoms with Gasteiger partial charge in [0.15, 0.2) is 0 Å². The molecule has 2 heterocycles. The van der Waals surface area contributed by atoms with Crippen LogP contribution in [0.15, 0.2) is 48.8 Å². The number of aryl methyl sites for hydroxylation is 1. The molecule has 2 aromatic heterocycles. The van der Waals surface area contributed by atoms with Gasteiger partial charge in [0.05, 0.1) is 0 Å². The maximum atomic E-state index is 4.64. The zero-order chi connectivity index (χ0) is 16.9. The number of hydrogen-bond donors (Lipinski definition) is 0. The van der Waals surface area contributed by atoms with Gasteiger partial charge in [-0.25, -0.2) is 0 Å². The summed E-state index contributed by atoms with van der Waals surface area (Å²) in [6.07, 6.45) is 1.71. The first kappa shape index (κ1) is 15.8. The van der Waals surface area contributed by atoms with Crippen molar-refractivity contribution in [2.75, 3.05) is 0 Å². The summed E-state index contributed by atoms with van der Waals surface area (Å²) in [6, 6.07) is 15.1. The van der Waals surface area contributed by atoms with Gasteiger partial charge in [-0.3, -0.25) is 0 Å². The molecule has 0 bridgehead atoms. The summed E-state index contributed by atoms with van der Waals surface area (Å²) in [7, 11) is 0. The van der Waals surface area contributed by atoms with E-state index in [0.717, 1.165) is 11.2 Å². The molecule has 0 atom stereocenters. The molecule has 24 heavy (non-hydrogen) atoms. The first-order valence-corrected chi connectivity index (χ1v) is 16.3. The quantitative estimate of drug-likeness (QED) is 0.429. The minimum atomic E-state index is -1.90. The third-order valence-corrected chi connectivity index (χ3v) is 13.0. The zero-order valence-corrected chi connectivity index (χ0v) is 17.3. The number of hydrogen-bond acceptors (Lipinski definition) is 3. The zero-order valence-electron chi connectivity index (χ0n) is 14.4. The molecular formula is C20H20GeN2S. The Bertz CT molecular complexity index is 1060. The number of aromatic nitrogens is 2. The molecule has 4 rings (SSSR count). The van der Waals surface area contributed by atoms with E-state index in [0.29, 0.717) is 0 Å². The number of thiophene rings is 1. The molecule has 0 amide bonds. The molecule has 2 aromatic carbocycles. The summed E-state index contributed by atoms with van der Waals surface area (Å²) >= 11 is 0.0136. The molecule has 0 aliphatic heterocycles. The van der Waals surface area contributed by atoms with Crippen molar-refractivity contribution in [2.24, 2.45) is 0 Å². The molecule has 0 saturated heterocycles. The van der Waals surface area contributed by atoms with E-state index in [1.807, 2.05) is 11.3 Å². The van der Waals surface area contributed by atoms with Crippen molar-refractivity contribution in [1.29, 1.82) is 0 Å². The third kappa shape index (κ3) is 2.56. The summed E-state index contributed by atoms with van der Waals surface area (Å²) in [5.74, 6) is 7.34.